The summed E-state index contributed by atoms with van der Waals surface area (Å²) in [6, 6.07) is 2.83. The predicted molar refractivity (Wildman–Crippen MR) is 118 cm³/mol. The van der Waals surface area contributed by atoms with Crippen molar-refractivity contribution in [2.24, 2.45) is 5.92 Å². The molecule has 0 aromatic carbocycles. The lowest BCUT2D eigenvalue weighted by atomic mass is 9.50. The topological polar surface area (TPSA) is 128 Å². The third-order valence-corrected chi connectivity index (χ3v) is 6.94. The van der Waals surface area contributed by atoms with Crippen LogP contribution in [0.4, 0.5) is 34.0 Å². The van der Waals surface area contributed by atoms with Gasteiger partial charge in [-0.2, -0.15) is 10.2 Å². The average molecular weight is 546 g/mol. The number of anilines is 2. The van der Waals surface area contributed by atoms with Gasteiger partial charge in [0.05, 0.1) is 24.2 Å². The van der Waals surface area contributed by atoms with Gasteiger partial charge in [-0.05, 0) is 31.2 Å². The van der Waals surface area contributed by atoms with E-state index in [1.54, 1.807) is 0 Å². The Kier molecular flexibility index (Phi) is 5.69. The quantitative estimate of drug-likeness (QED) is 0.381. The maximum atomic E-state index is 15.1. The SMILES string of the molecule is O=C(NC12CC(C1)C2)O[C@@H]1CO[C@H](c2cc(Nc3nc(Cl)cn4nc(COC(F)(F)F)cc34)n[nH]2)[C@H]1F. The number of hydrogen-bond acceptors (Lipinski definition) is 8. The maximum absolute atomic E-state index is 15.1. The van der Waals surface area contributed by atoms with Crippen LogP contribution in [0.2, 0.25) is 5.15 Å². The number of amides is 1. The Morgan fingerprint density at radius 1 is 1.32 bits per heavy atom. The molecule has 4 aliphatic rings. The normalized spacial score (nSPS) is 28.6. The first kappa shape index (κ1) is 24.2. The molecule has 198 valence electrons. The summed E-state index contributed by atoms with van der Waals surface area (Å²) in [6.45, 7) is -0.916. The smallest absolute Gasteiger partial charge is 0.441 e. The molecule has 1 aliphatic heterocycles. The molecule has 37 heavy (non-hydrogen) atoms. The van der Waals surface area contributed by atoms with Crippen LogP contribution >= 0.6 is 11.6 Å². The summed E-state index contributed by atoms with van der Waals surface area (Å²) < 4.78 is 68.0. The highest BCUT2D eigenvalue weighted by Gasteiger charge is 2.58. The highest BCUT2D eigenvalue weighted by Crippen LogP contribution is 2.57. The van der Waals surface area contributed by atoms with Crippen LogP contribution in [0.3, 0.4) is 0 Å². The molecule has 3 aromatic heterocycles. The van der Waals surface area contributed by atoms with Gasteiger partial charge in [-0.15, -0.1) is 13.2 Å². The molecule has 3 aliphatic carbocycles. The number of rotatable bonds is 7. The van der Waals surface area contributed by atoms with Gasteiger partial charge in [-0.1, -0.05) is 11.6 Å². The number of hydrogen-bond donors (Lipinski definition) is 3. The zero-order chi connectivity index (χ0) is 25.9. The highest BCUT2D eigenvalue weighted by molar-refractivity contribution is 6.29. The van der Waals surface area contributed by atoms with E-state index >= 15 is 4.39 Å². The van der Waals surface area contributed by atoms with Gasteiger partial charge >= 0.3 is 12.5 Å². The zero-order valence-electron chi connectivity index (χ0n) is 18.9. The molecule has 0 spiro atoms. The maximum Gasteiger partial charge on any atom is 0.522 e. The van der Waals surface area contributed by atoms with Crippen LogP contribution in [0.1, 0.15) is 36.8 Å². The summed E-state index contributed by atoms with van der Waals surface area (Å²) in [7, 11) is 0. The Morgan fingerprint density at radius 3 is 2.81 bits per heavy atom. The molecule has 3 aromatic rings. The van der Waals surface area contributed by atoms with Gasteiger partial charge in [-0.25, -0.2) is 18.7 Å². The van der Waals surface area contributed by atoms with Crippen LogP contribution in [0.15, 0.2) is 18.3 Å². The number of H-pyrrole nitrogens is 1. The van der Waals surface area contributed by atoms with Crippen LogP contribution in [0.5, 0.6) is 0 Å². The fraction of sp³-hybridized carbons (Fsp3) is 0.524. The first-order valence-corrected chi connectivity index (χ1v) is 11.8. The lowest BCUT2D eigenvalue weighted by Gasteiger charge is -2.61. The molecule has 0 radical (unpaired) electrons. The number of aromatic amines is 1. The van der Waals surface area contributed by atoms with Gasteiger partial charge in [-0.3, -0.25) is 9.84 Å². The van der Waals surface area contributed by atoms with E-state index in [-0.39, 0.29) is 40.3 Å². The Morgan fingerprint density at radius 2 is 2.11 bits per heavy atom. The van der Waals surface area contributed by atoms with E-state index in [0.717, 1.165) is 19.3 Å². The minimum atomic E-state index is -4.81. The highest BCUT2D eigenvalue weighted by atomic mass is 35.5. The summed E-state index contributed by atoms with van der Waals surface area (Å²) in [6.07, 6.45) is -5.09. The molecule has 2 bridgehead atoms. The molecule has 11 nitrogen and oxygen atoms in total. The van der Waals surface area contributed by atoms with Gasteiger partial charge < -0.3 is 20.1 Å². The minimum absolute atomic E-state index is 0.00380. The van der Waals surface area contributed by atoms with Crippen LogP contribution in [0, 0.1) is 5.92 Å². The molecule has 4 fully saturated rings. The fourth-order valence-electron chi connectivity index (χ4n) is 4.95. The Labute approximate surface area is 210 Å². The second kappa shape index (κ2) is 8.70. The van der Waals surface area contributed by atoms with E-state index in [0.29, 0.717) is 11.4 Å². The molecule has 3 atom stereocenters. The number of ether oxygens (including phenoxy) is 3. The van der Waals surface area contributed by atoms with E-state index in [1.807, 2.05) is 0 Å². The van der Waals surface area contributed by atoms with Crippen molar-refractivity contribution in [1.29, 1.82) is 0 Å². The number of carbonyl (C=O) groups excluding carboxylic acids is 1. The van der Waals surface area contributed by atoms with Gasteiger partial charge in [0, 0.05) is 11.6 Å². The lowest BCUT2D eigenvalue weighted by molar-refractivity contribution is -0.330. The van der Waals surface area contributed by atoms with Gasteiger partial charge in [0.2, 0.25) is 0 Å². The average Bonchev–Trinajstić information content (AvgIpc) is 3.47. The van der Waals surface area contributed by atoms with Crippen molar-refractivity contribution in [3.63, 3.8) is 0 Å². The van der Waals surface area contributed by atoms with Crippen molar-refractivity contribution in [3.05, 3.63) is 34.9 Å². The van der Waals surface area contributed by atoms with Gasteiger partial charge in [0.1, 0.15) is 23.4 Å². The third kappa shape index (κ3) is 4.78. The molecular formula is C21H20ClF4N7O4. The second-order valence-corrected chi connectivity index (χ2v) is 9.86. The second-order valence-electron chi connectivity index (χ2n) is 9.47. The molecule has 3 N–H and O–H groups in total. The Balaban J connectivity index is 1.11. The summed E-state index contributed by atoms with van der Waals surface area (Å²) in [5.41, 5.74) is 0.402. The van der Waals surface area contributed by atoms with Crippen LogP contribution < -0.4 is 10.6 Å². The largest absolute Gasteiger partial charge is 0.522 e. The molecule has 1 saturated heterocycles. The van der Waals surface area contributed by atoms with Crippen LogP contribution in [-0.4, -0.2) is 61.7 Å². The van der Waals surface area contributed by atoms with Crippen molar-refractivity contribution in [1.82, 2.24) is 30.1 Å². The number of halogens is 5. The summed E-state index contributed by atoms with van der Waals surface area (Å²) in [5, 5.41) is 16.5. The summed E-state index contributed by atoms with van der Waals surface area (Å²) in [5.74, 6) is 1.03. The minimum Gasteiger partial charge on any atom is -0.441 e. The van der Waals surface area contributed by atoms with Crippen molar-refractivity contribution < 1.29 is 36.6 Å². The first-order chi connectivity index (χ1) is 17.6. The third-order valence-electron chi connectivity index (χ3n) is 6.76. The number of alkyl halides is 4. The van der Waals surface area contributed by atoms with Crippen molar-refractivity contribution in [3.8, 4) is 0 Å². The van der Waals surface area contributed by atoms with E-state index in [1.165, 1.54) is 22.8 Å². The molecular weight excluding hydrogens is 526 g/mol. The van der Waals surface area contributed by atoms with Crippen molar-refractivity contribution in [2.75, 3.05) is 11.9 Å². The van der Waals surface area contributed by atoms with Crippen molar-refractivity contribution in [2.45, 2.75) is 56.2 Å². The number of nitrogens with zero attached hydrogens (tertiary/aromatic N) is 4. The summed E-state index contributed by atoms with van der Waals surface area (Å²) >= 11 is 6.02. The van der Waals surface area contributed by atoms with E-state index < -0.39 is 37.4 Å². The molecule has 3 saturated carbocycles. The first-order valence-electron chi connectivity index (χ1n) is 11.4. The van der Waals surface area contributed by atoms with E-state index in [9.17, 15) is 18.0 Å². The standard InChI is InChI=1S/C21H20ClF4N7O4/c22-14-6-33-12(1-10(32-33)7-36-21(24,25)26)18(27-14)28-15-2-11(30-31-15)17-16(23)13(8-35-17)37-19(34)29-20-3-9(4-20)5-20/h1-2,6,9,13,16-17H,3-5,7-8H2,(H,29,34)(H2,27,28,30,31)/t9?,13-,16+,17-,20?/m1/s1. The predicted octanol–water partition coefficient (Wildman–Crippen LogP) is 3.94. The fourth-order valence-corrected chi connectivity index (χ4v) is 5.13. The van der Waals surface area contributed by atoms with E-state index in [2.05, 4.69) is 35.7 Å². The zero-order valence-corrected chi connectivity index (χ0v) is 19.6. The van der Waals surface area contributed by atoms with Crippen molar-refractivity contribution >= 4 is 34.8 Å². The number of nitrogens with one attached hydrogen (secondary N) is 3. The van der Waals surface area contributed by atoms with Crippen LogP contribution in [-0.2, 0) is 20.8 Å². The monoisotopic (exact) mass is 545 g/mol. The summed E-state index contributed by atoms with van der Waals surface area (Å²) in [4.78, 5) is 16.3. The Bertz CT molecular complexity index is 1330. The van der Waals surface area contributed by atoms with Gasteiger partial charge in [0.15, 0.2) is 23.9 Å². The molecule has 1 amide bonds. The van der Waals surface area contributed by atoms with Crippen LogP contribution in [0.25, 0.3) is 5.52 Å². The molecule has 0 unspecified atom stereocenters. The lowest BCUT2D eigenvalue weighted by Crippen LogP contribution is -2.68. The number of alkyl carbamates (subject to hydrolysis) is 1. The molecule has 7 rings (SSSR count). The Hall–Kier alpha value is -3.17. The molecule has 16 heteroatoms. The number of aromatic nitrogens is 5. The van der Waals surface area contributed by atoms with Gasteiger partial charge in [0.25, 0.3) is 0 Å². The number of fused-ring (bicyclic) bond motifs is 1. The van der Waals surface area contributed by atoms with E-state index in [4.69, 9.17) is 21.1 Å². The molecule has 4 heterocycles. The number of carbonyl (C=O) groups is 1.